The summed E-state index contributed by atoms with van der Waals surface area (Å²) in [7, 11) is 0. The van der Waals surface area contributed by atoms with Gasteiger partial charge >= 0.3 is 0 Å². The van der Waals surface area contributed by atoms with Crippen LogP contribution in [-0.2, 0) is 4.79 Å². The molecule has 0 radical (unpaired) electrons. The van der Waals surface area contributed by atoms with Crippen molar-refractivity contribution in [1.82, 2.24) is 15.1 Å². The molecule has 6 nitrogen and oxygen atoms in total. The lowest BCUT2D eigenvalue weighted by Gasteiger charge is -2.22. The largest absolute Gasteiger partial charge is 0.371 e. The van der Waals surface area contributed by atoms with Gasteiger partial charge in [-0.2, -0.15) is 0 Å². The molecule has 4 rings (SSSR count). The Balaban J connectivity index is 1.19. The van der Waals surface area contributed by atoms with Crippen molar-refractivity contribution in [2.75, 3.05) is 57.3 Å². The molecule has 2 aromatic carbocycles. The number of benzene rings is 2. The zero-order valence-corrected chi connectivity index (χ0v) is 18.4. The van der Waals surface area contributed by atoms with Gasteiger partial charge in [0.1, 0.15) is 5.82 Å². The van der Waals surface area contributed by atoms with E-state index >= 15 is 0 Å². The van der Waals surface area contributed by atoms with Crippen molar-refractivity contribution in [3.8, 4) is 0 Å². The van der Waals surface area contributed by atoms with Gasteiger partial charge in [-0.3, -0.25) is 14.5 Å². The Bertz CT molecular complexity index is 906. The highest BCUT2D eigenvalue weighted by Crippen LogP contribution is 2.23. The van der Waals surface area contributed by atoms with E-state index in [1.807, 2.05) is 6.07 Å². The van der Waals surface area contributed by atoms with E-state index in [0.717, 1.165) is 32.5 Å². The van der Waals surface area contributed by atoms with E-state index < -0.39 is 0 Å². The summed E-state index contributed by atoms with van der Waals surface area (Å²) in [5.74, 6) is 0.0778. The fraction of sp³-hybridized carbons (Fsp3) is 0.440. The van der Waals surface area contributed by atoms with Gasteiger partial charge in [0.15, 0.2) is 0 Å². The minimum Gasteiger partial charge on any atom is -0.371 e. The third-order valence-corrected chi connectivity index (χ3v) is 6.33. The second-order valence-corrected chi connectivity index (χ2v) is 8.67. The molecule has 2 heterocycles. The third-order valence-electron chi connectivity index (χ3n) is 6.33. The van der Waals surface area contributed by atoms with Gasteiger partial charge in [0.25, 0.3) is 5.91 Å². The van der Waals surface area contributed by atoms with Crippen molar-refractivity contribution in [2.45, 2.75) is 12.8 Å². The molecule has 1 unspecified atom stereocenters. The molecule has 0 spiro atoms. The molecule has 2 aromatic rings. The summed E-state index contributed by atoms with van der Waals surface area (Å²) < 4.78 is 13.1. The molecule has 1 N–H and O–H groups in total. The van der Waals surface area contributed by atoms with Crippen LogP contribution in [0.15, 0.2) is 54.6 Å². The van der Waals surface area contributed by atoms with E-state index in [0.29, 0.717) is 44.2 Å². The van der Waals surface area contributed by atoms with Gasteiger partial charge in [-0.25, -0.2) is 4.39 Å². The molecule has 2 aliphatic heterocycles. The lowest BCUT2D eigenvalue weighted by molar-refractivity contribution is -0.122. The van der Waals surface area contributed by atoms with Crippen LogP contribution in [0.25, 0.3) is 0 Å². The number of halogens is 1. The Morgan fingerprint density at radius 2 is 1.72 bits per heavy atom. The molecular formula is C25H31FN4O2. The van der Waals surface area contributed by atoms with Gasteiger partial charge in [0, 0.05) is 57.1 Å². The number of nitrogens with zero attached hydrogens (tertiary/aromatic N) is 3. The molecule has 2 saturated heterocycles. The number of carbonyl (C=O) groups is 2. The molecule has 2 aliphatic rings. The molecule has 0 saturated carbocycles. The van der Waals surface area contributed by atoms with E-state index in [1.54, 1.807) is 4.90 Å². The summed E-state index contributed by atoms with van der Waals surface area (Å²) in [6.07, 6.45) is 1.90. The topological polar surface area (TPSA) is 55.9 Å². The number of rotatable bonds is 6. The summed E-state index contributed by atoms with van der Waals surface area (Å²) in [6.45, 7) is 5.70. The van der Waals surface area contributed by atoms with E-state index in [4.69, 9.17) is 0 Å². The Morgan fingerprint density at radius 3 is 2.50 bits per heavy atom. The average Bonchev–Trinajstić information content (AvgIpc) is 3.17. The maximum absolute atomic E-state index is 13.1. The monoisotopic (exact) mass is 438 g/mol. The first kappa shape index (κ1) is 22.3. The predicted molar refractivity (Wildman–Crippen MR) is 123 cm³/mol. The van der Waals surface area contributed by atoms with Gasteiger partial charge in [-0.1, -0.05) is 18.2 Å². The van der Waals surface area contributed by atoms with Crippen molar-refractivity contribution in [2.24, 2.45) is 5.92 Å². The van der Waals surface area contributed by atoms with Crippen LogP contribution in [0.2, 0.25) is 0 Å². The van der Waals surface area contributed by atoms with Crippen LogP contribution in [0.3, 0.4) is 0 Å². The number of hydrogen-bond acceptors (Lipinski definition) is 4. The Hall–Kier alpha value is -2.93. The molecular weight excluding hydrogens is 407 g/mol. The lowest BCUT2D eigenvalue weighted by Crippen LogP contribution is -2.41. The summed E-state index contributed by atoms with van der Waals surface area (Å²) >= 11 is 0. The fourth-order valence-electron chi connectivity index (χ4n) is 4.50. The standard InChI is InChI=1S/C25H31FN4O2/c26-22-9-7-21(8-10-22)25(32)29-13-4-12-28(15-16-29)19-24(31)27-17-20-11-14-30(18-20)23-5-2-1-3-6-23/h1-3,5-10,20H,4,11-19H2,(H,27,31). The Labute approximate surface area is 189 Å². The Kier molecular flexibility index (Phi) is 7.37. The number of carbonyl (C=O) groups excluding carboxylic acids is 2. The van der Waals surface area contributed by atoms with E-state index in [1.165, 1.54) is 30.0 Å². The van der Waals surface area contributed by atoms with Gasteiger partial charge in [-0.05, 0) is 55.2 Å². The highest BCUT2D eigenvalue weighted by Gasteiger charge is 2.24. The highest BCUT2D eigenvalue weighted by molar-refractivity contribution is 5.94. The number of anilines is 1. The van der Waals surface area contributed by atoms with Gasteiger partial charge in [0.2, 0.25) is 5.91 Å². The summed E-state index contributed by atoms with van der Waals surface area (Å²) in [5, 5.41) is 3.11. The average molecular weight is 439 g/mol. The Morgan fingerprint density at radius 1 is 0.938 bits per heavy atom. The van der Waals surface area contributed by atoms with Crippen LogP contribution in [0, 0.1) is 11.7 Å². The zero-order valence-electron chi connectivity index (χ0n) is 18.4. The minimum atomic E-state index is -0.347. The highest BCUT2D eigenvalue weighted by atomic mass is 19.1. The quantitative estimate of drug-likeness (QED) is 0.754. The first-order valence-corrected chi connectivity index (χ1v) is 11.4. The van der Waals surface area contributed by atoms with Crippen molar-refractivity contribution in [3.63, 3.8) is 0 Å². The first-order valence-electron chi connectivity index (χ1n) is 11.4. The van der Waals surface area contributed by atoms with E-state index in [9.17, 15) is 14.0 Å². The molecule has 1 atom stereocenters. The van der Waals surface area contributed by atoms with Crippen molar-refractivity contribution in [3.05, 3.63) is 66.0 Å². The van der Waals surface area contributed by atoms with Crippen molar-refractivity contribution < 1.29 is 14.0 Å². The fourth-order valence-corrected chi connectivity index (χ4v) is 4.50. The first-order chi connectivity index (χ1) is 15.6. The third kappa shape index (κ3) is 5.85. The van der Waals surface area contributed by atoms with Crippen LogP contribution in [0.5, 0.6) is 0 Å². The van der Waals surface area contributed by atoms with Crippen molar-refractivity contribution in [1.29, 1.82) is 0 Å². The molecule has 170 valence electrons. The van der Waals surface area contributed by atoms with Gasteiger partial charge in [-0.15, -0.1) is 0 Å². The molecule has 2 amide bonds. The van der Waals surface area contributed by atoms with E-state index in [-0.39, 0.29) is 17.6 Å². The second kappa shape index (κ2) is 10.6. The molecule has 7 heteroatoms. The zero-order chi connectivity index (χ0) is 22.3. The van der Waals surface area contributed by atoms with Crippen LogP contribution >= 0.6 is 0 Å². The molecule has 2 fully saturated rings. The number of amides is 2. The SMILES string of the molecule is O=C(CN1CCCN(C(=O)c2ccc(F)cc2)CC1)NCC1CCN(c2ccccc2)C1. The molecule has 0 aliphatic carbocycles. The predicted octanol–water partition coefficient (Wildman–Crippen LogP) is 2.62. The molecule has 0 bridgehead atoms. The van der Waals surface area contributed by atoms with Crippen molar-refractivity contribution >= 4 is 17.5 Å². The number of para-hydroxylation sites is 1. The normalized spacial score (nSPS) is 19.6. The molecule has 32 heavy (non-hydrogen) atoms. The smallest absolute Gasteiger partial charge is 0.253 e. The summed E-state index contributed by atoms with van der Waals surface area (Å²) in [6, 6.07) is 16.1. The summed E-state index contributed by atoms with van der Waals surface area (Å²) in [5.41, 5.74) is 1.74. The van der Waals surface area contributed by atoms with Crippen LogP contribution in [0.4, 0.5) is 10.1 Å². The lowest BCUT2D eigenvalue weighted by atomic mass is 10.1. The minimum absolute atomic E-state index is 0.0430. The van der Waals surface area contributed by atoms with Crippen LogP contribution in [-0.4, -0.2) is 74.0 Å². The van der Waals surface area contributed by atoms with Gasteiger partial charge in [0.05, 0.1) is 6.54 Å². The number of hydrogen-bond donors (Lipinski definition) is 1. The molecule has 0 aromatic heterocycles. The second-order valence-electron chi connectivity index (χ2n) is 8.67. The maximum atomic E-state index is 13.1. The van der Waals surface area contributed by atoms with Crippen LogP contribution < -0.4 is 10.2 Å². The number of nitrogens with one attached hydrogen (secondary N) is 1. The van der Waals surface area contributed by atoms with E-state index in [2.05, 4.69) is 39.4 Å². The maximum Gasteiger partial charge on any atom is 0.253 e. The summed E-state index contributed by atoms with van der Waals surface area (Å²) in [4.78, 5) is 31.5. The van der Waals surface area contributed by atoms with Crippen LogP contribution in [0.1, 0.15) is 23.2 Å². The van der Waals surface area contributed by atoms with Gasteiger partial charge < -0.3 is 15.1 Å².